The summed E-state index contributed by atoms with van der Waals surface area (Å²) < 4.78 is 9.79. The molecule has 0 fully saturated rings. The summed E-state index contributed by atoms with van der Waals surface area (Å²) in [6, 6.07) is 12.4. The van der Waals surface area contributed by atoms with E-state index in [1.165, 1.54) is 0 Å². The summed E-state index contributed by atoms with van der Waals surface area (Å²) in [6.45, 7) is 7.73. The van der Waals surface area contributed by atoms with Crippen LogP contribution in [0.4, 0.5) is 11.5 Å². The minimum atomic E-state index is 0.378. The standard InChI is InChI=1S/C23H17Cl2N7O/c1-26-14-8-13(24)9-15(10-14)33-22-17(25)5-6-19-21(22)28-12-32(19)11-18-16-4-7-20(27-2)29-23(16)31(3)30-18/h4-10,12H,11H2,2-3H3,(H,27,29). The average Bonchev–Trinajstić information content (AvgIpc) is 3.36. The number of imidazole rings is 1. The molecule has 0 spiro atoms. The maximum Gasteiger partial charge on any atom is 0.192 e. The summed E-state index contributed by atoms with van der Waals surface area (Å²) in [6.07, 6.45) is 1.73. The molecule has 0 bridgehead atoms. The van der Waals surface area contributed by atoms with Gasteiger partial charge in [0, 0.05) is 24.5 Å². The number of nitrogens with zero attached hydrogens (tertiary/aromatic N) is 6. The lowest BCUT2D eigenvalue weighted by molar-refractivity contribution is 0.488. The molecule has 3 heterocycles. The molecule has 0 aliphatic heterocycles. The van der Waals surface area contributed by atoms with E-state index in [0.29, 0.717) is 39.3 Å². The Kier molecular flexibility index (Phi) is 5.29. The van der Waals surface area contributed by atoms with Crippen molar-refractivity contribution in [1.29, 1.82) is 0 Å². The summed E-state index contributed by atoms with van der Waals surface area (Å²) in [5.74, 6) is 1.60. The van der Waals surface area contributed by atoms with Gasteiger partial charge >= 0.3 is 0 Å². The van der Waals surface area contributed by atoms with E-state index in [9.17, 15) is 0 Å². The molecular formula is C23H17Cl2N7O. The molecule has 8 nitrogen and oxygen atoms in total. The highest BCUT2D eigenvalue weighted by molar-refractivity contribution is 6.33. The lowest BCUT2D eigenvalue weighted by Crippen LogP contribution is -2.00. The summed E-state index contributed by atoms with van der Waals surface area (Å²) in [4.78, 5) is 12.6. The van der Waals surface area contributed by atoms with Gasteiger partial charge in [-0.25, -0.2) is 14.8 Å². The lowest BCUT2D eigenvalue weighted by atomic mass is 10.2. The number of rotatable bonds is 5. The number of benzene rings is 2. The fourth-order valence-electron chi connectivity index (χ4n) is 3.71. The molecule has 3 aromatic heterocycles. The first kappa shape index (κ1) is 21.1. The van der Waals surface area contributed by atoms with E-state index in [-0.39, 0.29) is 0 Å². The van der Waals surface area contributed by atoms with E-state index in [0.717, 1.165) is 28.1 Å². The van der Waals surface area contributed by atoms with Gasteiger partial charge in [-0.3, -0.25) is 4.68 Å². The van der Waals surface area contributed by atoms with Crippen molar-refractivity contribution >= 4 is 56.8 Å². The first-order valence-electron chi connectivity index (χ1n) is 9.96. The fourth-order valence-corrected chi connectivity index (χ4v) is 4.13. The molecule has 0 amide bonds. The summed E-state index contributed by atoms with van der Waals surface area (Å²) in [7, 11) is 3.71. The van der Waals surface area contributed by atoms with Crippen LogP contribution in [-0.2, 0) is 13.6 Å². The first-order valence-corrected chi connectivity index (χ1v) is 10.7. The molecule has 0 atom stereocenters. The molecule has 0 aliphatic rings. The smallest absolute Gasteiger partial charge is 0.192 e. The number of hydrogen-bond donors (Lipinski definition) is 1. The number of hydrogen-bond acceptors (Lipinski definition) is 5. The molecule has 0 saturated carbocycles. The number of nitrogens with one attached hydrogen (secondary N) is 1. The van der Waals surface area contributed by atoms with Gasteiger partial charge < -0.3 is 14.6 Å². The Hall–Kier alpha value is -3.80. The van der Waals surface area contributed by atoms with Crippen LogP contribution in [0, 0.1) is 6.57 Å². The Bertz CT molecular complexity index is 1570. The van der Waals surface area contributed by atoms with Crippen LogP contribution in [0.25, 0.3) is 26.9 Å². The molecule has 1 N–H and O–H groups in total. The molecule has 164 valence electrons. The van der Waals surface area contributed by atoms with Gasteiger partial charge in [0.05, 0.1) is 35.7 Å². The Morgan fingerprint density at radius 1 is 1.15 bits per heavy atom. The molecule has 0 saturated heterocycles. The van der Waals surface area contributed by atoms with Gasteiger partial charge in [0.2, 0.25) is 0 Å². The second-order valence-electron chi connectivity index (χ2n) is 7.36. The zero-order chi connectivity index (χ0) is 23.1. The van der Waals surface area contributed by atoms with E-state index in [4.69, 9.17) is 34.5 Å². The molecule has 5 aromatic rings. The van der Waals surface area contributed by atoms with Gasteiger partial charge in [0.15, 0.2) is 17.1 Å². The molecule has 0 radical (unpaired) electrons. The molecule has 2 aromatic carbocycles. The maximum atomic E-state index is 7.24. The van der Waals surface area contributed by atoms with Crippen LogP contribution >= 0.6 is 23.2 Å². The van der Waals surface area contributed by atoms with Crippen LogP contribution in [0.2, 0.25) is 10.0 Å². The van der Waals surface area contributed by atoms with Crippen LogP contribution < -0.4 is 10.1 Å². The SMILES string of the molecule is [C-]#[N+]c1cc(Cl)cc(Oc2c(Cl)ccc3c2ncn3Cc2nn(C)c3nc(NC)ccc23)c1. The summed E-state index contributed by atoms with van der Waals surface area (Å²) in [5, 5.41) is 9.49. The van der Waals surface area contributed by atoms with Crippen LogP contribution in [0.5, 0.6) is 11.5 Å². The normalized spacial score (nSPS) is 11.1. The highest BCUT2D eigenvalue weighted by Crippen LogP contribution is 2.38. The lowest BCUT2D eigenvalue weighted by Gasteiger charge is -2.10. The van der Waals surface area contributed by atoms with Crippen molar-refractivity contribution in [3.8, 4) is 11.5 Å². The van der Waals surface area contributed by atoms with Crippen LogP contribution in [0.15, 0.2) is 48.8 Å². The van der Waals surface area contributed by atoms with Gasteiger partial charge in [-0.1, -0.05) is 23.2 Å². The number of ether oxygens (including phenoxy) is 1. The zero-order valence-corrected chi connectivity index (χ0v) is 19.2. The minimum Gasteiger partial charge on any atom is -0.455 e. The van der Waals surface area contributed by atoms with E-state index in [1.54, 1.807) is 35.3 Å². The van der Waals surface area contributed by atoms with Gasteiger partial charge in [0.1, 0.15) is 17.1 Å². The predicted octanol–water partition coefficient (Wildman–Crippen LogP) is 6.06. The Morgan fingerprint density at radius 2 is 2.00 bits per heavy atom. The first-order chi connectivity index (χ1) is 16.0. The number of pyridine rings is 1. The number of aromatic nitrogens is 5. The van der Waals surface area contributed by atoms with Crippen LogP contribution in [-0.4, -0.2) is 31.4 Å². The second-order valence-corrected chi connectivity index (χ2v) is 8.21. The Morgan fingerprint density at radius 3 is 2.79 bits per heavy atom. The van der Waals surface area contributed by atoms with E-state index >= 15 is 0 Å². The van der Waals surface area contributed by atoms with Crippen molar-refractivity contribution in [2.45, 2.75) is 6.54 Å². The second kappa shape index (κ2) is 8.28. The molecule has 5 rings (SSSR count). The summed E-state index contributed by atoms with van der Waals surface area (Å²) in [5.41, 5.74) is 3.48. The average molecular weight is 478 g/mol. The van der Waals surface area contributed by atoms with Crippen LogP contribution in [0.1, 0.15) is 5.69 Å². The quantitative estimate of drug-likeness (QED) is 0.311. The fraction of sp³-hybridized carbons (Fsp3) is 0.130. The molecule has 0 aliphatic carbocycles. The third-order valence-electron chi connectivity index (χ3n) is 5.24. The van der Waals surface area contributed by atoms with Crippen molar-refractivity contribution in [2.24, 2.45) is 7.05 Å². The molecule has 0 unspecified atom stereocenters. The maximum absolute atomic E-state index is 7.24. The topological polar surface area (TPSA) is 74.1 Å². The van der Waals surface area contributed by atoms with Gasteiger partial charge in [-0.05, 0) is 42.5 Å². The third kappa shape index (κ3) is 3.82. The van der Waals surface area contributed by atoms with Crippen molar-refractivity contribution in [1.82, 2.24) is 24.3 Å². The van der Waals surface area contributed by atoms with E-state index in [2.05, 4.69) is 25.2 Å². The number of halogens is 2. The Labute approximate surface area is 199 Å². The largest absolute Gasteiger partial charge is 0.455 e. The van der Waals surface area contributed by atoms with Gasteiger partial charge in [-0.2, -0.15) is 5.10 Å². The van der Waals surface area contributed by atoms with Crippen molar-refractivity contribution in [3.63, 3.8) is 0 Å². The van der Waals surface area contributed by atoms with Crippen LogP contribution in [0.3, 0.4) is 0 Å². The number of aryl methyl sites for hydroxylation is 1. The molecule has 10 heteroatoms. The third-order valence-corrected chi connectivity index (χ3v) is 5.76. The van der Waals surface area contributed by atoms with Crippen molar-refractivity contribution < 1.29 is 4.74 Å². The van der Waals surface area contributed by atoms with Crippen molar-refractivity contribution in [2.75, 3.05) is 12.4 Å². The minimum absolute atomic E-state index is 0.378. The van der Waals surface area contributed by atoms with Gasteiger partial charge in [-0.15, -0.1) is 0 Å². The number of anilines is 1. The van der Waals surface area contributed by atoms with Gasteiger partial charge in [0.25, 0.3) is 0 Å². The van der Waals surface area contributed by atoms with Crippen molar-refractivity contribution in [3.05, 3.63) is 75.9 Å². The van der Waals surface area contributed by atoms with E-state index in [1.807, 2.05) is 36.9 Å². The molecular weight excluding hydrogens is 461 g/mol. The monoisotopic (exact) mass is 477 g/mol. The predicted molar refractivity (Wildman–Crippen MR) is 130 cm³/mol. The number of fused-ring (bicyclic) bond motifs is 2. The highest BCUT2D eigenvalue weighted by atomic mass is 35.5. The highest BCUT2D eigenvalue weighted by Gasteiger charge is 2.17. The Balaban J connectivity index is 1.54. The molecule has 33 heavy (non-hydrogen) atoms. The zero-order valence-electron chi connectivity index (χ0n) is 17.7. The summed E-state index contributed by atoms with van der Waals surface area (Å²) >= 11 is 12.6. The van der Waals surface area contributed by atoms with E-state index < -0.39 is 0 Å².